The van der Waals surface area contributed by atoms with Crippen LogP contribution in [0.5, 0.6) is 5.75 Å². The van der Waals surface area contributed by atoms with Gasteiger partial charge in [-0.3, -0.25) is 4.90 Å². The SMILES string of the molecule is NC(=O)Nc1cc(C(O)CCCN2CCN(c3ccccc3)CC2)ccc1O. The van der Waals surface area contributed by atoms with Crippen molar-refractivity contribution < 1.29 is 15.0 Å². The number of amides is 2. The maximum absolute atomic E-state index is 11.0. The van der Waals surface area contributed by atoms with Crippen LogP contribution in [0.3, 0.4) is 0 Å². The number of aliphatic hydroxyl groups excluding tert-OH is 1. The van der Waals surface area contributed by atoms with Gasteiger partial charge >= 0.3 is 6.03 Å². The Labute approximate surface area is 165 Å². The number of benzene rings is 2. The van der Waals surface area contributed by atoms with Crippen LogP contribution in [0.2, 0.25) is 0 Å². The molecule has 3 rings (SSSR count). The molecular weight excluding hydrogens is 356 g/mol. The minimum atomic E-state index is -0.753. The van der Waals surface area contributed by atoms with Crippen LogP contribution in [0.1, 0.15) is 24.5 Å². The number of aromatic hydroxyl groups is 1. The van der Waals surface area contributed by atoms with Crippen molar-refractivity contribution in [1.29, 1.82) is 0 Å². The first-order valence-corrected chi connectivity index (χ1v) is 9.62. The lowest BCUT2D eigenvalue weighted by atomic mass is 10.0. The Morgan fingerprint density at radius 3 is 2.50 bits per heavy atom. The van der Waals surface area contributed by atoms with Crippen molar-refractivity contribution in [3.8, 4) is 5.75 Å². The van der Waals surface area contributed by atoms with E-state index < -0.39 is 12.1 Å². The first-order valence-electron chi connectivity index (χ1n) is 9.62. The number of piperazine rings is 1. The van der Waals surface area contributed by atoms with Crippen LogP contribution in [0.25, 0.3) is 0 Å². The molecule has 0 radical (unpaired) electrons. The fourth-order valence-corrected chi connectivity index (χ4v) is 3.54. The first kappa shape index (κ1) is 20.0. The number of hydrogen-bond donors (Lipinski definition) is 4. The third-order valence-electron chi connectivity index (χ3n) is 5.11. The van der Waals surface area contributed by atoms with E-state index in [2.05, 4.69) is 39.4 Å². The summed E-state index contributed by atoms with van der Waals surface area (Å²) in [4.78, 5) is 15.8. The van der Waals surface area contributed by atoms with Crippen LogP contribution in [0, 0.1) is 0 Å². The van der Waals surface area contributed by atoms with Crippen LogP contribution >= 0.6 is 0 Å². The second-order valence-electron chi connectivity index (χ2n) is 7.09. The zero-order chi connectivity index (χ0) is 19.9. The molecule has 5 N–H and O–H groups in total. The summed E-state index contributed by atoms with van der Waals surface area (Å²) >= 11 is 0. The number of nitrogens with zero attached hydrogens (tertiary/aromatic N) is 2. The van der Waals surface area contributed by atoms with E-state index in [0.29, 0.717) is 12.0 Å². The van der Waals surface area contributed by atoms with E-state index in [1.807, 2.05) is 6.07 Å². The molecule has 28 heavy (non-hydrogen) atoms. The Morgan fingerprint density at radius 2 is 1.82 bits per heavy atom. The van der Waals surface area contributed by atoms with Crippen LogP contribution in [0.15, 0.2) is 48.5 Å². The molecule has 0 bridgehead atoms. The number of phenolic OH excluding ortho intramolecular Hbond substituents is 1. The number of carbonyl (C=O) groups is 1. The first-order chi connectivity index (χ1) is 13.5. The van der Waals surface area contributed by atoms with Crippen molar-refractivity contribution in [2.24, 2.45) is 5.73 Å². The number of carbonyl (C=O) groups excluding carboxylic acids is 1. The summed E-state index contributed by atoms with van der Waals surface area (Å²) in [5.74, 6) is -0.0777. The zero-order valence-corrected chi connectivity index (χ0v) is 15.9. The van der Waals surface area contributed by atoms with Crippen molar-refractivity contribution in [2.45, 2.75) is 18.9 Å². The molecular formula is C21H28N4O3. The summed E-state index contributed by atoms with van der Waals surface area (Å²) in [6.07, 6.45) is 0.825. The molecule has 7 nitrogen and oxygen atoms in total. The second-order valence-corrected chi connectivity index (χ2v) is 7.09. The number of para-hydroxylation sites is 1. The van der Waals surface area contributed by atoms with E-state index in [4.69, 9.17) is 5.73 Å². The largest absolute Gasteiger partial charge is 0.506 e. The predicted octanol–water partition coefficient (Wildman–Crippen LogP) is 2.52. The zero-order valence-electron chi connectivity index (χ0n) is 15.9. The van der Waals surface area contributed by atoms with E-state index in [9.17, 15) is 15.0 Å². The summed E-state index contributed by atoms with van der Waals surface area (Å²) in [6.45, 7) is 4.97. The second kappa shape index (κ2) is 9.43. The van der Waals surface area contributed by atoms with Gasteiger partial charge in [0.05, 0.1) is 11.8 Å². The van der Waals surface area contributed by atoms with Gasteiger partial charge in [-0.15, -0.1) is 0 Å². The van der Waals surface area contributed by atoms with Crippen molar-refractivity contribution in [1.82, 2.24) is 4.90 Å². The highest BCUT2D eigenvalue weighted by Crippen LogP contribution is 2.28. The van der Waals surface area contributed by atoms with Crippen LogP contribution in [0.4, 0.5) is 16.2 Å². The molecule has 0 aliphatic carbocycles. The molecule has 2 aromatic carbocycles. The summed E-state index contributed by atoms with van der Waals surface area (Å²) < 4.78 is 0. The molecule has 1 atom stereocenters. The van der Waals surface area contributed by atoms with Gasteiger partial charge in [-0.25, -0.2) is 4.79 Å². The standard InChI is InChI=1S/C21H28N4O3/c22-21(28)23-18-15-16(8-9-20(18)27)19(26)7-4-10-24-11-13-25(14-12-24)17-5-2-1-3-6-17/h1-3,5-6,8-9,15,19,26-27H,4,7,10-14H2,(H3,22,23,28). The molecule has 7 heteroatoms. The Hall–Kier alpha value is -2.77. The Bertz CT molecular complexity index is 776. The summed E-state index contributed by atoms with van der Waals surface area (Å²) in [7, 11) is 0. The number of nitrogens with one attached hydrogen (secondary N) is 1. The number of hydrogen-bond acceptors (Lipinski definition) is 5. The number of aliphatic hydroxyl groups is 1. The predicted molar refractivity (Wildman–Crippen MR) is 111 cm³/mol. The van der Waals surface area contributed by atoms with Gasteiger partial charge in [0.25, 0.3) is 0 Å². The van der Waals surface area contributed by atoms with Gasteiger partial charge in [0.15, 0.2) is 0 Å². The molecule has 2 amide bonds. The number of primary amides is 1. The van der Waals surface area contributed by atoms with Gasteiger partial charge in [0.1, 0.15) is 5.75 Å². The summed E-state index contributed by atoms with van der Waals surface area (Å²) in [6, 6.07) is 14.4. The van der Waals surface area contributed by atoms with E-state index in [1.165, 1.54) is 11.8 Å². The average molecular weight is 384 g/mol. The number of anilines is 2. The fraction of sp³-hybridized carbons (Fsp3) is 0.381. The van der Waals surface area contributed by atoms with Gasteiger partial charge in [-0.2, -0.15) is 0 Å². The number of phenols is 1. The lowest BCUT2D eigenvalue weighted by Crippen LogP contribution is -2.46. The van der Waals surface area contributed by atoms with Gasteiger partial charge in [-0.05, 0) is 49.2 Å². The van der Waals surface area contributed by atoms with Gasteiger partial charge in [0, 0.05) is 31.9 Å². The van der Waals surface area contributed by atoms with Crippen molar-refractivity contribution in [2.75, 3.05) is 42.9 Å². The molecule has 0 spiro atoms. The number of rotatable bonds is 7. The molecule has 0 aromatic heterocycles. The van der Waals surface area contributed by atoms with Crippen molar-refractivity contribution >= 4 is 17.4 Å². The highest BCUT2D eigenvalue weighted by atomic mass is 16.3. The average Bonchev–Trinajstić information content (AvgIpc) is 2.70. The molecule has 1 aliphatic heterocycles. The topological polar surface area (TPSA) is 102 Å². The molecule has 1 heterocycles. The molecule has 1 saturated heterocycles. The maximum atomic E-state index is 11.0. The highest BCUT2D eigenvalue weighted by molar-refractivity contribution is 5.89. The number of urea groups is 1. The smallest absolute Gasteiger partial charge is 0.316 e. The molecule has 0 saturated carbocycles. The van der Waals surface area contributed by atoms with E-state index in [1.54, 1.807) is 12.1 Å². The Morgan fingerprint density at radius 1 is 1.11 bits per heavy atom. The molecule has 1 aliphatic rings. The fourth-order valence-electron chi connectivity index (χ4n) is 3.54. The molecule has 1 fully saturated rings. The Balaban J connectivity index is 1.43. The number of nitrogens with two attached hydrogens (primary N) is 1. The third kappa shape index (κ3) is 5.37. The van der Waals surface area contributed by atoms with E-state index in [-0.39, 0.29) is 11.4 Å². The third-order valence-corrected chi connectivity index (χ3v) is 5.11. The lowest BCUT2D eigenvalue weighted by molar-refractivity contribution is 0.154. The van der Waals surface area contributed by atoms with Crippen molar-refractivity contribution in [3.05, 3.63) is 54.1 Å². The van der Waals surface area contributed by atoms with Crippen LogP contribution in [-0.2, 0) is 0 Å². The quantitative estimate of drug-likeness (QED) is 0.550. The summed E-state index contributed by atoms with van der Waals surface area (Å²) in [5.41, 5.74) is 7.22. The summed E-state index contributed by atoms with van der Waals surface area (Å²) in [5, 5.41) is 22.5. The highest BCUT2D eigenvalue weighted by Gasteiger charge is 2.17. The van der Waals surface area contributed by atoms with E-state index in [0.717, 1.165) is 39.1 Å². The Kier molecular flexibility index (Phi) is 6.73. The molecule has 2 aromatic rings. The van der Waals surface area contributed by atoms with Crippen molar-refractivity contribution in [3.63, 3.8) is 0 Å². The van der Waals surface area contributed by atoms with Crippen LogP contribution < -0.4 is 16.0 Å². The monoisotopic (exact) mass is 384 g/mol. The molecule has 1 unspecified atom stereocenters. The normalized spacial score (nSPS) is 16.0. The van der Waals surface area contributed by atoms with E-state index >= 15 is 0 Å². The molecule has 150 valence electrons. The van der Waals surface area contributed by atoms with Gasteiger partial charge in [-0.1, -0.05) is 24.3 Å². The maximum Gasteiger partial charge on any atom is 0.316 e. The van der Waals surface area contributed by atoms with Crippen LogP contribution in [-0.4, -0.2) is 53.9 Å². The van der Waals surface area contributed by atoms with Gasteiger partial charge in [0.2, 0.25) is 0 Å². The minimum absolute atomic E-state index is 0.0777. The van der Waals surface area contributed by atoms with Gasteiger partial charge < -0.3 is 26.2 Å². The minimum Gasteiger partial charge on any atom is -0.506 e. The lowest BCUT2D eigenvalue weighted by Gasteiger charge is -2.36.